The first-order valence-electron chi connectivity index (χ1n) is 6.98. The lowest BCUT2D eigenvalue weighted by molar-refractivity contribution is -0.0738. The largest absolute Gasteiger partial charge is 0.469 e. The summed E-state index contributed by atoms with van der Waals surface area (Å²) in [6.07, 6.45) is -0.566. The summed E-state index contributed by atoms with van der Waals surface area (Å²) in [6, 6.07) is 1.18. The van der Waals surface area contributed by atoms with Crippen molar-refractivity contribution in [1.29, 1.82) is 0 Å². The van der Waals surface area contributed by atoms with Crippen LogP contribution in [0.2, 0.25) is 0 Å². The van der Waals surface area contributed by atoms with Crippen LogP contribution in [0.15, 0.2) is 21.9 Å². The molecule has 10 nitrogen and oxygen atoms in total. The molecule has 1 saturated heterocycles. The van der Waals surface area contributed by atoms with Crippen molar-refractivity contribution in [3.63, 3.8) is 0 Å². The number of nitrogens with one attached hydrogen (secondary N) is 1. The molecule has 1 aromatic heterocycles. The maximum absolute atomic E-state index is 11.8. The Balaban J connectivity index is 2.16. The van der Waals surface area contributed by atoms with Gasteiger partial charge in [-0.1, -0.05) is 0 Å². The minimum Gasteiger partial charge on any atom is -0.373 e. The first-order chi connectivity index (χ1) is 10.7. The molecule has 0 spiro atoms. The van der Waals surface area contributed by atoms with E-state index < -0.39 is 37.5 Å². The molecule has 3 atom stereocenters. The fraction of sp³-hybridized carbons (Fsp3) is 0.667. The van der Waals surface area contributed by atoms with E-state index >= 15 is 0 Å². The van der Waals surface area contributed by atoms with Gasteiger partial charge in [-0.2, -0.15) is 0 Å². The predicted octanol–water partition coefficient (Wildman–Crippen LogP) is -0.273. The van der Waals surface area contributed by atoms with Crippen molar-refractivity contribution in [1.82, 2.24) is 9.55 Å². The third-order valence-electron chi connectivity index (χ3n) is 3.20. The van der Waals surface area contributed by atoms with Gasteiger partial charge in [-0.15, -0.1) is 0 Å². The molecule has 1 aromatic rings. The van der Waals surface area contributed by atoms with E-state index in [9.17, 15) is 14.2 Å². The first kappa shape index (κ1) is 18.1. The lowest BCUT2D eigenvalue weighted by Crippen LogP contribution is -2.32. The van der Waals surface area contributed by atoms with Gasteiger partial charge in [0.15, 0.2) is 0 Å². The molecule has 2 heterocycles. The minimum atomic E-state index is -4.64. The van der Waals surface area contributed by atoms with Gasteiger partial charge in [0.25, 0.3) is 5.56 Å². The summed E-state index contributed by atoms with van der Waals surface area (Å²) in [5.41, 5.74) is -1.16. The number of nitrogens with zero attached hydrogens (tertiary/aromatic N) is 1. The Hall–Kier alpha value is -1.29. The summed E-state index contributed by atoms with van der Waals surface area (Å²) in [5.74, 6) is 0. The van der Waals surface area contributed by atoms with Crippen LogP contribution in [0.4, 0.5) is 0 Å². The molecule has 1 aliphatic rings. The van der Waals surface area contributed by atoms with E-state index in [1.807, 2.05) is 0 Å². The molecule has 3 N–H and O–H groups in total. The molecule has 2 unspecified atom stereocenters. The Morgan fingerprint density at radius 1 is 1.48 bits per heavy atom. The fourth-order valence-corrected chi connectivity index (χ4v) is 2.68. The number of hydrogen-bond donors (Lipinski definition) is 3. The van der Waals surface area contributed by atoms with Crippen LogP contribution in [0, 0.1) is 0 Å². The molecule has 0 aliphatic carbocycles. The zero-order valence-corrected chi connectivity index (χ0v) is 13.5. The van der Waals surface area contributed by atoms with Gasteiger partial charge in [0.05, 0.1) is 18.8 Å². The predicted molar refractivity (Wildman–Crippen MR) is 77.9 cm³/mol. The van der Waals surface area contributed by atoms with Crippen molar-refractivity contribution in [2.75, 3.05) is 6.61 Å². The molecule has 0 amide bonds. The van der Waals surface area contributed by atoms with Crippen LogP contribution in [0.5, 0.6) is 0 Å². The van der Waals surface area contributed by atoms with Crippen molar-refractivity contribution < 1.29 is 28.3 Å². The van der Waals surface area contributed by atoms with E-state index in [0.717, 1.165) is 0 Å². The van der Waals surface area contributed by atoms with Crippen molar-refractivity contribution in [3.05, 3.63) is 33.1 Å². The highest BCUT2D eigenvalue weighted by molar-refractivity contribution is 7.46. The lowest BCUT2D eigenvalue weighted by Gasteiger charge is -2.20. The topological polar surface area (TPSA) is 140 Å². The second-order valence-corrected chi connectivity index (χ2v) is 6.63. The molecule has 1 fully saturated rings. The van der Waals surface area contributed by atoms with Gasteiger partial charge in [0.2, 0.25) is 0 Å². The lowest BCUT2D eigenvalue weighted by atomic mass is 10.2. The Kier molecular flexibility index (Phi) is 5.56. The average molecular weight is 350 g/mol. The quantitative estimate of drug-likeness (QED) is 0.596. The SMILES string of the molecule is CC(C)O[C@@H]1CC(n2ccc(=O)[nH]c2=O)OC1COP(=O)(O)O. The van der Waals surface area contributed by atoms with E-state index in [-0.39, 0.29) is 19.1 Å². The monoisotopic (exact) mass is 350 g/mol. The van der Waals surface area contributed by atoms with Crippen molar-refractivity contribution in [2.24, 2.45) is 0 Å². The molecular formula is C12H19N2O8P. The molecule has 0 radical (unpaired) electrons. The number of aromatic amines is 1. The van der Waals surface area contributed by atoms with E-state index in [4.69, 9.17) is 19.3 Å². The third-order valence-corrected chi connectivity index (χ3v) is 3.68. The van der Waals surface area contributed by atoms with E-state index in [1.165, 1.54) is 16.8 Å². The molecule has 130 valence electrons. The number of rotatable bonds is 6. The summed E-state index contributed by atoms with van der Waals surface area (Å²) >= 11 is 0. The number of phosphoric acid groups is 1. The van der Waals surface area contributed by atoms with Crippen LogP contribution in [0.3, 0.4) is 0 Å². The fourth-order valence-electron chi connectivity index (χ4n) is 2.34. The maximum atomic E-state index is 11.8. The van der Waals surface area contributed by atoms with Crippen LogP contribution < -0.4 is 11.2 Å². The van der Waals surface area contributed by atoms with Gasteiger partial charge >= 0.3 is 13.5 Å². The first-order valence-corrected chi connectivity index (χ1v) is 8.51. The molecule has 11 heteroatoms. The summed E-state index contributed by atoms with van der Waals surface area (Å²) in [6.45, 7) is 3.23. The van der Waals surface area contributed by atoms with E-state index in [1.54, 1.807) is 13.8 Å². The smallest absolute Gasteiger partial charge is 0.373 e. The maximum Gasteiger partial charge on any atom is 0.469 e. The summed E-state index contributed by atoms with van der Waals surface area (Å²) in [7, 11) is -4.64. The molecule has 23 heavy (non-hydrogen) atoms. The van der Waals surface area contributed by atoms with Gasteiger partial charge in [-0.25, -0.2) is 9.36 Å². The Morgan fingerprint density at radius 2 is 2.17 bits per heavy atom. The minimum absolute atomic E-state index is 0.146. The van der Waals surface area contributed by atoms with Crippen molar-refractivity contribution in [3.8, 4) is 0 Å². The number of aromatic nitrogens is 2. The average Bonchev–Trinajstić information content (AvgIpc) is 2.77. The van der Waals surface area contributed by atoms with Gasteiger partial charge < -0.3 is 19.3 Å². The second kappa shape index (κ2) is 7.08. The number of H-pyrrole nitrogens is 1. The van der Waals surface area contributed by atoms with Gasteiger partial charge in [0.1, 0.15) is 12.3 Å². The van der Waals surface area contributed by atoms with Crippen molar-refractivity contribution >= 4 is 7.82 Å². The Bertz CT molecular complexity index is 693. The molecule has 2 rings (SSSR count). The normalized spacial score (nSPS) is 25.2. The highest BCUT2D eigenvalue weighted by Crippen LogP contribution is 2.38. The van der Waals surface area contributed by atoms with Crippen molar-refractivity contribution in [2.45, 2.75) is 44.8 Å². The van der Waals surface area contributed by atoms with Gasteiger partial charge in [-0.3, -0.25) is 18.9 Å². The molecule has 0 bridgehead atoms. The number of ether oxygens (including phenoxy) is 2. The second-order valence-electron chi connectivity index (χ2n) is 5.39. The van der Waals surface area contributed by atoms with E-state index in [0.29, 0.717) is 0 Å². The van der Waals surface area contributed by atoms with Gasteiger partial charge in [0, 0.05) is 18.7 Å². The van der Waals surface area contributed by atoms with Crippen LogP contribution >= 0.6 is 7.82 Å². The summed E-state index contributed by atoms with van der Waals surface area (Å²) in [4.78, 5) is 42.6. The zero-order chi connectivity index (χ0) is 17.2. The Morgan fingerprint density at radius 3 is 2.74 bits per heavy atom. The molecular weight excluding hydrogens is 331 g/mol. The van der Waals surface area contributed by atoms with Crippen LogP contribution in [-0.2, 0) is 18.6 Å². The highest BCUT2D eigenvalue weighted by atomic mass is 31.2. The Labute approximate surface area is 131 Å². The van der Waals surface area contributed by atoms with E-state index in [2.05, 4.69) is 9.51 Å². The third kappa shape index (κ3) is 5.10. The molecule has 0 saturated carbocycles. The standard InChI is InChI=1S/C12H19N2O8P/c1-7(2)21-8-5-11(14-4-3-10(15)13-12(14)16)22-9(8)6-20-23(17,18)19/h3-4,7-9,11H,5-6H2,1-2H3,(H,13,15,16)(H2,17,18,19)/t8-,9?,11?/m1/s1. The number of hydrogen-bond acceptors (Lipinski definition) is 6. The zero-order valence-electron chi connectivity index (χ0n) is 12.6. The van der Waals surface area contributed by atoms with Gasteiger partial charge in [-0.05, 0) is 13.8 Å². The number of phosphoric ester groups is 1. The molecule has 0 aromatic carbocycles. The summed E-state index contributed by atoms with van der Waals surface area (Å²) < 4.78 is 27.8. The summed E-state index contributed by atoms with van der Waals surface area (Å²) in [5, 5.41) is 0. The van der Waals surface area contributed by atoms with Crippen LogP contribution in [0.1, 0.15) is 26.5 Å². The van der Waals surface area contributed by atoms with Crippen LogP contribution in [-0.4, -0.2) is 44.3 Å². The molecule has 1 aliphatic heterocycles. The highest BCUT2D eigenvalue weighted by Gasteiger charge is 2.39. The van der Waals surface area contributed by atoms with Crippen LogP contribution in [0.25, 0.3) is 0 Å².